The van der Waals surface area contributed by atoms with Crippen molar-refractivity contribution >= 4 is 34.8 Å². The van der Waals surface area contributed by atoms with E-state index in [1.807, 2.05) is 24.3 Å². The van der Waals surface area contributed by atoms with Gasteiger partial charge in [0.2, 0.25) is 0 Å². The van der Waals surface area contributed by atoms with Crippen molar-refractivity contribution < 1.29 is 19.1 Å². The van der Waals surface area contributed by atoms with Crippen LogP contribution in [0.4, 0.5) is 9.59 Å². The van der Waals surface area contributed by atoms with Gasteiger partial charge >= 0.3 is 12.2 Å². The molecule has 0 atom stereocenters. The molecule has 22 heavy (non-hydrogen) atoms. The summed E-state index contributed by atoms with van der Waals surface area (Å²) in [6, 6.07) is 7.37. The minimum absolute atomic E-state index is 0.0593. The molecule has 0 aromatic heterocycles. The number of alkyl halides is 1. The van der Waals surface area contributed by atoms with Gasteiger partial charge < -0.3 is 9.47 Å². The van der Waals surface area contributed by atoms with Crippen molar-refractivity contribution in [1.29, 1.82) is 0 Å². The Morgan fingerprint density at radius 3 is 2.27 bits per heavy atom. The van der Waals surface area contributed by atoms with Crippen LogP contribution in [0.25, 0.3) is 0 Å². The Morgan fingerprint density at radius 1 is 1.14 bits per heavy atom. The minimum Gasteiger partial charge on any atom is -0.449 e. The van der Waals surface area contributed by atoms with Gasteiger partial charge in [-0.3, -0.25) is 0 Å². The molecule has 2 amide bonds. The summed E-state index contributed by atoms with van der Waals surface area (Å²) in [5, 5.41) is 0. The summed E-state index contributed by atoms with van der Waals surface area (Å²) in [7, 11) is 0. The fraction of sp³-hybridized carbons (Fsp3) is 0.375. The number of hydrogen-bond acceptors (Lipinski definition) is 4. The maximum Gasteiger partial charge on any atom is 0.419 e. The zero-order chi connectivity index (χ0) is 16.4. The Bertz CT molecular complexity index is 559. The lowest BCUT2D eigenvalue weighted by molar-refractivity contribution is 0.0789. The number of halogens is 1. The van der Waals surface area contributed by atoms with E-state index in [4.69, 9.17) is 9.47 Å². The Labute approximate surface area is 144 Å². The second kappa shape index (κ2) is 10.1. The fourth-order valence-corrected chi connectivity index (χ4v) is 1.88. The number of nitrogens with zero attached hydrogens (tertiary/aromatic N) is 1. The van der Waals surface area contributed by atoms with Gasteiger partial charge in [-0.05, 0) is 25.5 Å². The van der Waals surface area contributed by atoms with Crippen molar-refractivity contribution in [2.75, 3.05) is 17.6 Å². The van der Waals surface area contributed by atoms with Gasteiger partial charge in [0, 0.05) is 5.56 Å². The van der Waals surface area contributed by atoms with Crippen LogP contribution in [0.3, 0.4) is 0 Å². The molecule has 0 unspecified atom stereocenters. The second-order valence-electron chi connectivity index (χ2n) is 4.08. The van der Waals surface area contributed by atoms with Crippen molar-refractivity contribution in [3.05, 3.63) is 35.4 Å². The number of carbonyl (C=O) groups is 2. The molecule has 1 aromatic rings. The van der Waals surface area contributed by atoms with E-state index >= 15 is 0 Å². The monoisotopic (exact) mass is 415 g/mol. The molecule has 118 valence electrons. The zero-order valence-electron chi connectivity index (χ0n) is 12.6. The van der Waals surface area contributed by atoms with Gasteiger partial charge in [0.25, 0.3) is 0 Å². The average Bonchev–Trinajstić information content (AvgIpc) is 2.51. The zero-order valence-corrected chi connectivity index (χ0v) is 14.8. The highest BCUT2D eigenvalue weighted by molar-refractivity contribution is 14.1. The summed E-state index contributed by atoms with van der Waals surface area (Å²) >= 11 is 2.16. The van der Waals surface area contributed by atoms with Gasteiger partial charge in [0.1, 0.15) is 0 Å². The number of rotatable bonds is 4. The number of carbonyl (C=O) groups excluding carboxylic acids is 2. The number of amides is 2. The number of ether oxygens (including phenoxy) is 2. The molecular formula is C16H18INO4. The molecule has 6 heteroatoms. The van der Waals surface area contributed by atoms with Crippen LogP contribution in [0.15, 0.2) is 24.3 Å². The van der Waals surface area contributed by atoms with E-state index in [1.165, 1.54) is 0 Å². The SMILES string of the molecule is CCOC(=O)N(Cc1ccccc1C#CCI)C(=O)OCC. The van der Waals surface area contributed by atoms with Crippen LogP contribution in [-0.4, -0.2) is 34.7 Å². The largest absolute Gasteiger partial charge is 0.449 e. The van der Waals surface area contributed by atoms with Crippen LogP contribution in [0, 0.1) is 11.8 Å². The smallest absolute Gasteiger partial charge is 0.419 e. The number of benzene rings is 1. The van der Waals surface area contributed by atoms with Crippen molar-refractivity contribution in [1.82, 2.24) is 4.90 Å². The third kappa shape index (κ3) is 5.56. The highest BCUT2D eigenvalue weighted by atomic mass is 127. The molecule has 0 saturated heterocycles. The van der Waals surface area contributed by atoms with Crippen molar-refractivity contribution in [3.8, 4) is 11.8 Å². The summed E-state index contributed by atoms with van der Waals surface area (Å²) < 4.78 is 10.5. The third-order valence-electron chi connectivity index (χ3n) is 2.61. The first-order chi connectivity index (χ1) is 10.6. The molecule has 0 spiro atoms. The fourth-order valence-electron chi connectivity index (χ4n) is 1.69. The first-order valence-electron chi connectivity index (χ1n) is 6.87. The molecular weight excluding hydrogens is 397 g/mol. The standard InChI is InChI=1S/C16H18INO4/c1-3-21-15(19)18(16(20)22-4-2)12-14-9-6-5-8-13(14)10-7-11-17/h5-6,8-9H,3-4,11-12H2,1-2H3. The van der Waals surface area contributed by atoms with E-state index in [0.717, 1.165) is 16.0 Å². The van der Waals surface area contributed by atoms with Gasteiger partial charge in [0.05, 0.1) is 24.2 Å². The molecule has 0 aliphatic rings. The molecule has 0 aliphatic heterocycles. The molecule has 0 N–H and O–H groups in total. The molecule has 0 fully saturated rings. The first-order valence-corrected chi connectivity index (χ1v) is 8.40. The summed E-state index contributed by atoms with van der Waals surface area (Å²) in [6.07, 6.45) is -1.45. The predicted octanol–water partition coefficient (Wildman–Crippen LogP) is 3.59. The van der Waals surface area contributed by atoms with E-state index in [0.29, 0.717) is 4.43 Å². The van der Waals surface area contributed by atoms with E-state index in [-0.39, 0.29) is 19.8 Å². The average molecular weight is 415 g/mol. The highest BCUT2D eigenvalue weighted by Gasteiger charge is 2.24. The lowest BCUT2D eigenvalue weighted by atomic mass is 10.1. The van der Waals surface area contributed by atoms with Crippen LogP contribution >= 0.6 is 22.6 Å². The topological polar surface area (TPSA) is 55.8 Å². The van der Waals surface area contributed by atoms with E-state index in [9.17, 15) is 9.59 Å². The first kappa shape index (κ1) is 18.3. The Morgan fingerprint density at radius 2 is 1.73 bits per heavy atom. The van der Waals surface area contributed by atoms with Gasteiger partial charge in [0.15, 0.2) is 0 Å². The predicted molar refractivity (Wildman–Crippen MR) is 91.8 cm³/mol. The molecule has 1 aromatic carbocycles. The van der Waals surface area contributed by atoms with Gasteiger partial charge in [-0.2, -0.15) is 0 Å². The molecule has 0 aliphatic carbocycles. The molecule has 0 bridgehead atoms. The lowest BCUT2D eigenvalue weighted by Gasteiger charge is -2.20. The Kier molecular flexibility index (Phi) is 8.36. The van der Waals surface area contributed by atoms with Crippen LogP contribution in [0.5, 0.6) is 0 Å². The van der Waals surface area contributed by atoms with E-state index in [2.05, 4.69) is 34.4 Å². The van der Waals surface area contributed by atoms with Crippen molar-refractivity contribution in [2.24, 2.45) is 0 Å². The Balaban J connectivity index is 3.03. The Hall–Kier alpha value is -1.75. The normalized spacial score (nSPS) is 9.41. The number of imide groups is 1. The molecule has 1 rings (SSSR count). The maximum atomic E-state index is 12.0. The quantitative estimate of drug-likeness (QED) is 0.429. The molecule has 0 heterocycles. The minimum atomic E-state index is -0.724. The molecule has 0 saturated carbocycles. The van der Waals surface area contributed by atoms with Crippen LogP contribution < -0.4 is 0 Å². The van der Waals surface area contributed by atoms with Crippen LogP contribution in [0.2, 0.25) is 0 Å². The summed E-state index contributed by atoms with van der Waals surface area (Å²) in [6.45, 7) is 3.79. The lowest BCUT2D eigenvalue weighted by Crippen LogP contribution is -2.37. The third-order valence-corrected chi connectivity index (χ3v) is 2.99. The molecule has 5 nitrogen and oxygen atoms in total. The van der Waals surface area contributed by atoms with Gasteiger partial charge in [-0.25, -0.2) is 14.5 Å². The summed E-state index contributed by atoms with van der Waals surface area (Å²) in [5.41, 5.74) is 1.54. The van der Waals surface area contributed by atoms with Crippen molar-refractivity contribution in [3.63, 3.8) is 0 Å². The van der Waals surface area contributed by atoms with E-state index in [1.54, 1.807) is 13.8 Å². The number of hydrogen-bond donors (Lipinski definition) is 0. The van der Waals surface area contributed by atoms with Gasteiger partial charge in [-0.1, -0.05) is 52.6 Å². The summed E-state index contributed by atoms with van der Waals surface area (Å²) in [5.74, 6) is 5.99. The van der Waals surface area contributed by atoms with E-state index < -0.39 is 12.2 Å². The van der Waals surface area contributed by atoms with Crippen LogP contribution in [-0.2, 0) is 16.0 Å². The second-order valence-corrected chi connectivity index (χ2v) is 4.84. The molecule has 0 radical (unpaired) electrons. The highest BCUT2D eigenvalue weighted by Crippen LogP contribution is 2.13. The van der Waals surface area contributed by atoms with Gasteiger partial charge in [-0.15, -0.1) is 0 Å². The summed E-state index contributed by atoms with van der Waals surface area (Å²) in [4.78, 5) is 24.9. The maximum absolute atomic E-state index is 12.0. The van der Waals surface area contributed by atoms with Crippen molar-refractivity contribution in [2.45, 2.75) is 20.4 Å². The van der Waals surface area contributed by atoms with Crippen LogP contribution in [0.1, 0.15) is 25.0 Å².